The third-order valence-electron chi connectivity index (χ3n) is 2.08. The lowest BCUT2D eigenvalue weighted by Gasteiger charge is -2.24. The minimum Gasteiger partial charge on any atom is -0.244 e. The maximum Gasteiger partial charge on any atom is 0.105 e. The van der Waals surface area contributed by atoms with Gasteiger partial charge in [-0.3, -0.25) is 0 Å². The molecule has 0 bridgehead atoms. The minimum absolute atomic E-state index is 0.116. The predicted molar refractivity (Wildman–Crippen MR) is 53.0 cm³/mol. The SMILES string of the molecule is C=C(CCC(C)(C)F)C(C)(C)C. The molecule has 0 fully saturated rings. The van der Waals surface area contributed by atoms with Gasteiger partial charge in [0.15, 0.2) is 0 Å². The van der Waals surface area contributed by atoms with Gasteiger partial charge in [-0.25, -0.2) is 4.39 Å². The molecule has 0 aromatic carbocycles. The maximum atomic E-state index is 13.1. The highest BCUT2D eigenvalue weighted by atomic mass is 19.1. The molecular weight excluding hydrogens is 151 g/mol. The summed E-state index contributed by atoms with van der Waals surface area (Å²) in [5.41, 5.74) is 0.188. The molecule has 0 spiro atoms. The quantitative estimate of drug-likeness (QED) is 0.562. The van der Waals surface area contributed by atoms with E-state index >= 15 is 0 Å². The average Bonchev–Trinajstić information content (AvgIpc) is 1.78. The van der Waals surface area contributed by atoms with E-state index in [2.05, 4.69) is 27.4 Å². The van der Waals surface area contributed by atoms with E-state index in [0.29, 0.717) is 6.42 Å². The van der Waals surface area contributed by atoms with Gasteiger partial charge in [0.2, 0.25) is 0 Å². The van der Waals surface area contributed by atoms with Crippen molar-refractivity contribution in [2.24, 2.45) is 5.41 Å². The van der Waals surface area contributed by atoms with E-state index in [-0.39, 0.29) is 5.41 Å². The van der Waals surface area contributed by atoms with Crippen LogP contribution in [0.1, 0.15) is 47.5 Å². The molecule has 0 aliphatic heterocycles. The second-order valence-electron chi connectivity index (χ2n) is 5.07. The summed E-state index contributed by atoms with van der Waals surface area (Å²) in [5, 5.41) is 0. The Hall–Kier alpha value is -0.330. The van der Waals surface area contributed by atoms with Crippen LogP contribution in [0.15, 0.2) is 12.2 Å². The van der Waals surface area contributed by atoms with E-state index in [1.165, 1.54) is 0 Å². The Morgan fingerprint density at radius 1 is 1.17 bits per heavy atom. The first-order valence-electron chi connectivity index (χ1n) is 4.50. The Bertz CT molecular complexity index is 155. The molecule has 0 aliphatic rings. The van der Waals surface area contributed by atoms with Crippen LogP contribution in [0.4, 0.5) is 4.39 Å². The van der Waals surface area contributed by atoms with Gasteiger partial charge in [0, 0.05) is 0 Å². The summed E-state index contributed by atoms with van der Waals surface area (Å²) < 4.78 is 13.1. The summed E-state index contributed by atoms with van der Waals surface area (Å²) in [7, 11) is 0. The van der Waals surface area contributed by atoms with E-state index in [0.717, 1.165) is 12.0 Å². The predicted octanol–water partition coefficient (Wildman–Crippen LogP) is 4.12. The molecule has 0 saturated carbocycles. The number of halogens is 1. The zero-order valence-corrected chi connectivity index (χ0v) is 9.00. The van der Waals surface area contributed by atoms with Crippen LogP contribution < -0.4 is 0 Å². The van der Waals surface area contributed by atoms with E-state index in [4.69, 9.17) is 0 Å². The number of hydrogen-bond acceptors (Lipinski definition) is 0. The zero-order valence-electron chi connectivity index (χ0n) is 9.00. The van der Waals surface area contributed by atoms with Crippen molar-refractivity contribution >= 4 is 0 Å². The largest absolute Gasteiger partial charge is 0.244 e. The Morgan fingerprint density at radius 2 is 1.58 bits per heavy atom. The maximum absolute atomic E-state index is 13.1. The number of hydrogen-bond donors (Lipinski definition) is 0. The number of alkyl halides is 1. The van der Waals surface area contributed by atoms with E-state index in [1.54, 1.807) is 13.8 Å². The fraction of sp³-hybridized carbons (Fsp3) is 0.818. The Balaban J connectivity index is 3.90. The molecule has 0 unspecified atom stereocenters. The lowest BCUT2D eigenvalue weighted by Crippen LogP contribution is -2.15. The molecule has 0 radical (unpaired) electrons. The zero-order chi connectivity index (χ0) is 9.99. The van der Waals surface area contributed by atoms with Gasteiger partial charge in [-0.15, -0.1) is 0 Å². The third kappa shape index (κ3) is 5.34. The number of rotatable bonds is 3. The lowest BCUT2D eigenvalue weighted by molar-refractivity contribution is 0.199. The molecule has 1 heteroatoms. The summed E-state index contributed by atoms with van der Waals surface area (Å²) in [6.07, 6.45) is 1.36. The van der Waals surface area contributed by atoms with Crippen molar-refractivity contribution in [3.05, 3.63) is 12.2 Å². The Kier molecular flexibility index (Phi) is 3.49. The standard InChI is InChI=1S/C11H21F/c1-9(10(2,3)4)7-8-11(5,6)12/h1,7-8H2,2-6H3. The Morgan fingerprint density at radius 3 is 1.83 bits per heavy atom. The second-order valence-corrected chi connectivity index (χ2v) is 5.07. The molecular formula is C11H21F. The molecule has 0 amide bonds. The van der Waals surface area contributed by atoms with E-state index < -0.39 is 5.67 Å². The molecule has 0 atom stereocenters. The molecule has 12 heavy (non-hydrogen) atoms. The van der Waals surface area contributed by atoms with Crippen LogP contribution >= 0.6 is 0 Å². The summed E-state index contributed by atoms with van der Waals surface area (Å²) in [5.74, 6) is 0. The topological polar surface area (TPSA) is 0 Å². The van der Waals surface area contributed by atoms with Crippen molar-refractivity contribution in [2.75, 3.05) is 0 Å². The molecule has 0 saturated heterocycles. The summed E-state index contributed by atoms with van der Waals surface area (Å²) in [6, 6.07) is 0. The summed E-state index contributed by atoms with van der Waals surface area (Å²) >= 11 is 0. The molecule has 0 nitrogen and oxygen atoms in total. The van der Waals surface area contributed by atoms with Crippen LogP contribution in [0, 0.1) is 5.41 Å². The minimum atomic E-state index is -1.06. The van der Waals surface area contributed by atoms with Crippen molar-refractivity contribution in [3.8, 4) is 0 Å². The molecule has 0 rings (SSSR count). The van der Waals surface area contributed by atoms with Gasteiger partial charge >= 0.3 is 0 Å². The van der Waals surface area contributed by atoms with Crippen molar-refractivity contribution in [2.45, 2.75) is 53.1 Å². The highest BCUT2D eigenvalue weighted by Gasteiger charge is 2.20. The van der Waals surface area contributed by atoms with Gasteiger partial charge in [-0.1, -0.05) is 32.9 Å². The van der Waals surface area contributed by atoms with E-state index in [9.17, 15) is 4.39 Å². The molecule has 0 aromatic rings. The van der Waals surface area contributed by atoms with Crippen molar-refractivity contribution < 1.29 is 4.39 Å². The molecule has 0 aromatic heterocycles. The average molecular weight is 172 g/mol. The van der Waals surface area contributed by atoms with Crippen molar-refractivity contribution in [1.29, 1.82) is 0 Å². The molecule has 72 valence electrons. The van der Waals surface area contributed by atoms with Crippen molar-refractivity contribution in [1.82, 2.24) is 0 Å². The first-order chi connectivity index (χ1) is 5.13. The number of allylic oxidation sites excluding steroid dienone is 1. The van der Waals surface area contributed by atoms with Gasteiger partial charge in [0.25, 0.3) is 0 Å². The van der Waals surface area contributed by atoms with Crippen LogP contribution in [-0.4, -0.2) is 5.67 Å². The van der Waals surface area contributed by atoms with Crippen LogP contribution in [0.25, 0.3) is 0 Å². The van der Waals surface area contributed by atoms with Gasteiger partial charge < -0.3 is 0 Å². The van der Waals surface area contributed by atoms with Crippen LogP contribution in [0.5, 0.6) is 0 Å². The molecule has 0 N–H and O–H groups in total. The highest BCUT2D eigenvalue weighted by molar-refractivity contribution is 5.05. The third-order valence-corrected chi connectivity index (χ3v) is 2.08. The summed E-state index contributed by atoms with van der Waals surface area (Å²) in [4.78, 5) is 0. The van der Waals surface area contributed by atoms with E-state index in [1.807, 2.05) is 0 Å². The molecule has 0 aliphatic carbocycles. The normalized spacial score (nSPS) is 13.2. The fourth-order valence-corrected chi connectivity index (χ4v) is 0.823. The first-order valence-corrected chi connectivity index (χ1v) is 4.50. The molecule has 0 heterocycles. The van der Waals surface area contributed by atoms with Crippen molar-refractivity contribution in [3.63, 3.8) is 0 Å². The van der Waals surface area contributed by atoms with Crippen LogP contribution in [0.3, 0.4) is 0 Å². The Labute approximate surface area is 75.9 Å². The lowest BCUT2D eigenvalue weighted by atomic mass is 9.83. The highest BCUT2D eigenvalue weighted by Crippen LogP contribution is 2.30. The van der Waals surface area contributed by atoms with Crippen LogP contribution in [0.2, 0.25) is 0 Å². The van der Waals surface area contributed by atoms with Gasteiger partial charge in [-0.05, 0) is 32.1 Å². The smallest absolute Gasteiger partial charge is 0.105 e. The van der Waals surface area contributed by atoms with Gasteiger partial charge in [0.1, 0.15) is 5.67 Å². The summed E-state index contributed by atoms with van der Waals surface area (Å²) in [6.45, 7) is 13.5. The van der Waals surface area contributed by atoms with Gasteiger partial charge in [-0.2, -0.15) is 0 Å². The van der Waals surface area contributed by atoms with Crippen LogP contribution in [-0.2, 0) is 0 Å². The first kappa shape index (κ1) is 11.7. The fourth-order valence-electron chi connectivity index (χ4n) is 0.823. The second kappa shape index (κ2) is 3.59. The van der Waals surface area contributed by atoms with Gasteiger partial charge in [0.05, 0.1) is 0 Å². The monoisotopic (exact) mass is 172 g/mol.